The number of benzene rings is 1. The van der Waals surface area contributed by atoms with E-state index in [-0.39, 0.29) is 5.92 Å². The molecule has 0 heterocycles. The Kier molecular flexibility index (Phi) is 4.83. The van der Waals surface area contributed by atoms with Gasteiger partial charge in [-0.05, 0) is 55.9 Å². The molecule has 2 atom stereocenters. The van der Waals surface area contributed by atoms with Crippen molar-refractivity contribution in [3.05, 3.63) is 35.9 Å². The van der Waals surface area contributed by atoms with Gasteiger partial charge < -0.3 is 15.7 Å². The minimum absolute atomic E-state index is 0.112. The smallest absolute Gasteiger partial charge is 0.306 e. The maximum Gasteiger partial charge on any atom is 0.306 e. The van der Waals surface area contributed by atoms with Crippen molar-refractivity contribution in [3.63, 3.8) is 0 Å². The lowest BCUT2D eigenvalue weighted by Gasteiger charge is -2.29. The molecule has 0 saturated heterocycles. The lowest BCUT2D eigenvalue weighted by atomic mass is 9.86. The number of nitrogens with one attached hydrogen (secondary N) is 2. The third-order valence-electron chi connectivity index (χ3n) is 6.56. The fourth-order valence-corrected chi connectivity index (χ4v) is 4.33. The van der Waals surface area contributed by atoms with Crippen LogP contribution in [0.3, 0.4) is 0 Å². The zero-order chi connectivity index (χ0) is 17.3. The molecule has 4 rings (SSSR count). The van der Waals surface area contributed by atoms with Gasteiger partial charge in [0.25, 0.3) is 0 Å². The summed E-state index contributed by atoms with van der Waals surface area (Å²) >= 11 is 0. The van der Waals surface area contributed by atoms with E-state index in [9.17, 15) is 4.79 Å². The van der Waals surface area contributed by atoms with Crippen LogP contribution < -0.4 is 10.6 Å². The quantitative estimate of drug-likeness (QED) is 0.679. The van der Waals surface area contributed by atoms with Crippen molar-refractivity contribution in [1.29, 1.82) is 0 Å². The van der Waals surface area contributed by atoms with E-state index in [1.165, 1.54) is 24.8 Å². The number of carboxylic acid groups (broad SMARTS) is 1. The van der Waals surface area contributed by atoms with Gasteiger partial charge in [-0.25, -0.2) is 0 Å². The lowest BCUT2D eigenvalue weighted by molar-refractivity contribution is -0.142. The highest BCUT2D eigenvalue weighted by atomic mass is 16.4. The number of carboxylic acids is 1. The predicted octanol–water partition coefficient (Wildman–Crippen LogP) is 3.15. The van der Waals surface area contributed by atoms with E-state index < -0.39 is 5.97 Å². The first-order chi connectivity index (χ1) is 12.2. The monoisotopic (exact) mass is 342 g/mol. The minimum Gasteiger partial charge on any atom is -0.481 e. The first-order valence-electron chi connectivity index (χ1n) is 9.90. The maximum absolute atomic E-state index is 11.0. The number of carbonyl (C=O) groups is 1. The molecule has 0 radical (unpaired) electrons. The van der Waals surface area contributed by atoms with Gasteiger partial charge in [-0.3, -0.25) is 4.79 Å². The van der Waals surface area contributed by atoms with Gasteiger partial charge in [0, 0.05) is 31.1 Å². The van der Waals surface area contributed by atoms with Gasteiger partial charge in [0.2, 0.25) is 0 Å². The minimum atomic E-state index is -0.612. The summed E-state index contributed by atoms with van der Waals surface area (Å²) in [6.45, 7) is 2.21. The Bertz CT molecular complexity index is 591. The van der Waals surface area contributed by atoms with Crippen molar-refractivity contribution in [3.8, 4) is 0 Å². The third-order valence-corrected chi connectivity index (χ3v) is 6.56. The third kappa shape index (κ3) is 4.24. The molecule has 0 aliphatic heterocycles. The zero-order valence-corrected chi connectivity index (χ0v) is 14.9. The van der Waals surface area contributed by atoms with Crippen LogP contribution in [0.5, 0.6) is 0 Å². The van der Waals surface area contributed by atoms with Gasteiger partial charge in [0.05, 0.1) is 5.92 Å². The van der Waals surface area contributed by atoms with Crippen LogP contribution in [0, 0.1) is 11.3 Å². The molecule has 3 saturated carbocycles. The molecule has 0 amide bonds. The Labute approximate surface area is 150 Å². The fourth-order valence-electron chi connectivity index (χ4n) is 4.33. The average molecular weight is 342 g/mol. The van der Waals surface area contributed by atoms with Gasteiger partial charge >= 0.3 is 5.97 Å². The standard InChI is InChI=1S/C21H30N2O2/c24-20(25)16-6-8-17(9-7-16)22-13-21(10-11-21)14-23-19-12-18(19)15-4-2-1-3-5-15/h1-5,16-19,22-23H,6-14H2,(H,24,25)/t16?,17?,18-,19+/m1/s1. The molecule has 3 fully saturated rings. The Morgan fingerprint density at radius 2 is 1.72 bits per heavy atom. The van der Waals surface area contributed by atoms with Crippen molar-refractivity contribution in [2.24, 2.45) is 11.3 Å². The zero-order valence-electron chi connectivity index (χ0n) is 14.9. The normalized spacial score (nSPS) is 33.0. The second-order valence-corrected chi connectivity index (χ2v) is 8.51. The highest BCUT2D eigenvalue weighted by molar-refractivity contribution is 5.70. The SMILES string of the molecule is O=C(O)C1CCC(NCC2(CN[C@H]3C[C@@H]3c3ccccc3)CC2)CC1. The molecule has 0 aromatic heterocycles. The summed E-state index contributed by atoms with van der Waals surface area (Å²) in [5.74, 6) is -0.0191. The van der Waals surface area contributed by atoms with Crippen LogP contribution in [0.1, 0.15) is 56.4 Å². The first kappa shape index (κ1) is 17.0. The van der Waals surface area contributed by atoms with Gasteiger partial charge in [-0.2, -0.15) is 0 Å². The molecule has 136 valence electrons. The first-order valence-corrected chi connectivity index (χ1v) is 9.90. The van der Waals surface area contributed by atoms with Gasteiger partial charge in [-0.15, -0.1) is 0 Å². The van der Waals surface area contributed by atoms with E-state index >= 15 is 0 Å². The topological polar surface area (TPSA) is 61.4 Å². The van der Waals surface area contributed by atoms with Crippen LogP contribution in [-0.2, 0) is 4.79 Å². The molecule has 0 unspecified atom stereocenters. The van der Waals surface area contributed by atoms with Crippen molar-refractivity contribution in [2.45, 2.75) is 62.9 Å². The van der Waals surface area contributed by atoms with Crippen molar-refractivity contribution in [2.75, 3.05) is 13.1 Å². The largest absolute Gasteiger partial charge is 0.481 e. The van der Waals surface area contributed by atoms with E-state index in [1.807, 2.05) is 0 Å². The van der Waals surface area contributed by atoms with E-state index in [0.717, 1.165) is 38.8 Å². The van der Waals surface area contributed by atoms with E-state index in [0.29, 0.717) is 23.4 Å². The number of rotatable bonds is 8. The highest BCUT2D eigenvalue weighted by Crippen LogP contribution is 2.47. The summed E-state index contributed by atoms with van der Waals surface area (Å²) in [6.07, 6.45) is 7.60. The van der Waals surface area contributed by atoms with Gasteiger partial charge in [0.15, 0.2) is 0 Å². The summed E-state index contributed by atoms with van der Waals surface area (Å²) in [7, 11) is 0. The Morgan fingerprint density at radius 3 is 2.36 bits per heavy atom. The fraction of sp³-hybridized carbons (Fsp3) is 0.667. The molecule has 1 aromatic carbocycles. The van der Waals surface area contributed by atoms with Crippen LogP contribution in [0.15, 0.2) is 30.3 Å². The Balaban J connectivity index is 1.16. The second kappa shape index (κ2) is 7.08. The van der Waals surface area contributed by atoms with E-state index in [1.54, 1.807) is 0 Å². The van der Waals surface area contributed by atoms with Crippen LogP contribution in [-0.4, -0.2) is 36.2 Å². The number of hydrogen-bond acceptors (Lipinski definition) is 3. The van der Waals surface area contributed by atoms with Crippen LogP contribution in [0.25, 0.3) is 0 Å². The molecule has 0 spiro atoms. The molecular weight excluding hydrogens is 312 g/mol. The molecule has 4 heteroatoms. The molecule has 3 aliphatic carbocycles. The maximum atomic E-state index is 11.0. The Morgan fingerprint density at radius 1 is 1.04 bits per heavy atom. The van der Waals surface area contributed by atoms with Gasteiger partial charge in [0.1, 0.15) is 0 Å². The Hall–Kier alpha value is -1.39. The lowest BCUT2D eigenvalue weighted by Crippen LogP contribution is -2.41. The molecule has 0 bridgehead atoms. The summed E-state index contributed by atoms with van der Waals surface area (Å²) in [5.41, 5.74) is 1.92. The molecule has 1 aromatic rings. The predicted molar refractivity (Wildman–Crippen MR) is 98.6 cm³/mol. The summed E-state index contributed by atoms with van der Waals surface area (Å²) in [6, 6.07) is 12.0. The van der Waals surface area contributed by atoms with Gasteiger partial charge in [-0.1, -0.05) is 30.3 Å². The average Bonchev–Trinajstić information content (AvgIpc) is 3.55. The van der Waals surface area contributed by atoms with E-state index in [2.05, 4.69) is 41.0 Å². The van der Waals surface area contributed by atoms with Crippen LogP contribution >= 0.6 is 0 Å². The van der Waals surface area contributed by atoms with Crippen molar-refractivity contribution < 1.29 is 9.90 Å². The summed E-state index contributed by atoms with van der Waals surface area (Å²) in [4.78, 5) is 11.0. The van der Waals surface area contributed by atoms with Crippen molar-refractivity contribution >= 4 is 5.97 Å². The van der Waals surface area contributed by atoms with Crippen LogP contribution in [0.2, 0.25) is 0 Å². The molecule has 25 heavy (non-hydrogen) atoms. The summed E-state index contributed by atoms with van der Waals surface area (Å²) in [5, 5.41) is 16.6. The highest BCUT2D eigenvalue weighted by Gasteiger charge is 2.45. The number of aliphatic carboxylic acids is 1. The number of hydrogen-bond donors (Lipinski definition) is 3. The molecular formula is C21H30N2O2. The second-order valence-electron chi connectivity index (χ2n) is 8.51. The van der Waals surface area contributed by atoms with E-state index in [4.69, 9.17) is 5.11 Å². The molecule has 3 aliphatic rings. The van der Waals surface area contributed by atoms with Crippen molar-refractivity contribution in [1.82, 2.24) is 10.6 Å². The van der Waals surface area contributed by atoms with Crippen LogP contribution in [0.4, 0.5) is 0 Å². The molecule has 4 nitrogen and oxygen atoms in total. The summed E-state index contributed by atoms with van der Waals surface area (Å²) < 4.78 is 0. The molecule has 3 N–H and O–H groups in total.